The second-order valence-electron chi connectivity index (χ2n) is 3.85. The van der Waals surface area contributed by atoms with Crippen molar-refractivity contribution in [1.82, 2.24) is 4.98 Å². The third kappa shape index (κ3) is 1.60. The number of aromatic nitrogens is 1. The number of hydrogen-bond donors (Lipinski definition) is 0. The van der Waals surface area contributed by atoms with Crippen LogP contribution in [0.15, 0.2) is 4.42 Å². The van der Waals surface area contributed by atoms with Crippen LogP contribution in [0.4, 0.5) is 0 Å². The average Bonchev–Trinajstić information content (AvgIpc) is 2.29. The molecule has 0 aliphatic rings. The Labute approximate surface area is 72.7 Å². The Morgan fingerprint density at radius 2 is 1.92 bits per heavy atom. The predicted octanol–water partition coefficient (Wildman–Crippen LogP) is 2.29. The molecule has 1 aromatic rings. The van der Waals surface area contributed by atoms with Crippen molar-refractivity contribution in [2.75, 3.05) is 7.11 Å². The molecule has 1 heterocycles. The third-order valence-electron chi connectivity index (χ3n) is 1.63. The van der Waals surface area contributed by atoms with Gasteiger partial charge in [-0.05, 0) is 6.92 Å². The van der Waals surface area contributed by atoms with Crippen molar-refractivity contribution in [2.24, 2.45) is 0 Å². The van der Waals surface area contributed by atoms with Gasteiger partial charge in [0, 0.05) is 5.41 Å². The number of aryl methyl sites for hydroxylation is 1. The smallest absolute Gasteiger partial charge is 0.393 e. The molecule has 3 nitrogen and oxygen atoms in total. The molecule has 0 N–H and O–H groups in total. The van der Waals surface area contributed by atoms with Gasteiger partial charge in [-0.25, -0.2) is 0 Å². The summed E-state index contributed by atoms with van der Waals surface area (Å²) in [5.41, 5.74) is 0.896. The van der Waals surface area contributed by atoms with Crippen LogP contribution in [-0.2, 0) is 5.41 Å². The van der Waals surface area contributed by atoms with E-state index < -0.39 is 0 Å². The highest BCUT2D eigenvalue weighted by atomic mass is 16.6. The van der Waals surface area contributed by atoms with Crippen LogP contribution in [0.1, 0.15) is 32.2 Å². The summed E-state index contributed by atoms with van der Waals surface area (Å²) >= 11 is 0. The molecule has 3 heteroatoms. The van der Waals surface area contributed by atoms with Gasteiger partial charge < -0.3 is 9.15 Å². The molecule has 0 fully saturated rings. The van der Waals surface area contributed by atoms with E-state index in [0.29, 0.717) is 6.08 Å². The SMILES string of the molecule is COc1nc(C)c(C(C)(C)C)o1. The highest BCUT2D eigenvalue weighted by Gasteiger charge is 2.23. The topological polar surface area (TPSA) is 35.3 Å². The van der Waals surface area contributed by atoms with Crippen LogP contribution in [0.2, 0.25) is 0 Å². The lowest BCUT2D eigenvalue weighted by Crippen LogP contribution is -2.11. The van der Waals surface area contributed by atoms with E-state index in [0.717, 1.165) is 11.5 Å². The summed E-state index contributed by atoms with van der Waals surface area (Å²) in [6.07, 6.45) is 0.345. The van der Waals surface area contributed by atoms with Crippen molar-refractivity contribution in [2.45, 2.75) is 33.1 Å². The summed E-state index contributed by atoms with van der Waals surface area (Å²) < 4.78 is 10.3. The first-order valence-electron chi connectivity index (χ1n) is 3.97. The number of methoxy groups -OCH3 is 1. The van der Waals surface area contributed by atoms with Crippen LogP contribution < -0.4 is 4.74 Å². The van der Waals surface area contributed by atoms with E-state index in [9.17, 15) is 0 Å². The fourth-order valence-corrected chi connectivity index (χ4v) is 1.15. The maximum atomic E-state index is 5.39. The molecule has 0 aromatic carbocycles. The van der Waals surface area contributed by atoms with Gasteiger partial charge in [-0.2, -0.15) is 4.98 Å². The Kier molecular flexibility index (Phi) is 2.13. The lowest BCUT2D eigenvalue weighted by Gasteiger charge is -2.14. The zero-order chi connectivity index (χ0) is 9.35. The zero-order valence-electron chi connectivity index (χ0n) is 8.26. The van der Waals surface area contributed by atoms with Gasteiger partial charge in [-0.15, -0.1) is 0 Å². The lowest BCUT2D eigenvalue weighted by molar-refractivity contribution is 0.265. The Morgan fingerprint density at radius 3 is 2.17 bits per heavy atom. The minimum Gasteiger partial charge on any atom is -0.454 e. The summed E-state index contributed by atoms with van der Waals surface area (Å²) in [4.78, 5) is 4.11. The first-order chi connectivity index (χ1) is 5.45. The first kappa shape index (κ1) is 9.10. The van der Waals surface area contributed by atoms with Gasteiger partial charge in [0.2, 0.25) is 0 Å². The minimum atomic E-state index is -0.00609. The van der Waals surface area contributed by atoms with Crippen LogP contribution in [0.25, 0.3) is 0 Å². The van der Waals surface area contributed by atoms with E-state index in [1.54, 1.807) is 7.11 Å². The summed E-state index contributed by atoms with van der Waals surface area (Å²) in [5, 5.41) is 0. The van der Waals surface area contributed by atoms with Gasteiger partial charge in [0.1, 0.15) is 5.76 Å². The van der Waals surface area contributed by atoms with Crippen molar-refractivity contribution < 1.29 is 9.15 Å². The van der Waals surface area contributed by atoms with E-state index in [1.165, 1.54) is 0 Å². The monoisotopic (exact) mass is 169 g/mol. The maximum Gasteiger partial charge on any atom is 0.393 e. The largest absolute Gasteiger partial charge is 0.454 e. The number of oxazole rings is 1. The van der Waals surface area contributed by atoms with E-state index in [4.69, 9.17) is 9.15 Å². The Balaban J connectivity index is 3.08. The highest BCUT2D eigenvalue weighted by Crippen LogP contribution is 2.28. The van der Waals surface area contributed by atoms with Gasteiger partial charge in [-0.3, -0.25) is 0 Å². The maximum absolute atomic E-state index is 5.39. The molecule has 0 unspecified atom stereocenters. The predicted molar refractivity (Wildman–Crippen MR) is 46.5 cm³/mol. The van der Waals surface area contributed by atoms with Crippen LogP contribution in [-0.4, -0.2) is 12.1 Å². The summed E-state index contributed by atoms with van der Waals surface area (Å²) in [6.45, 7) is 8.17. The first-order valence-corrected chi connectivity index (χ1v) is 3.97. The molecule has 0 bridgehead atoms. The van der Waals surface area contributed by atoms with Gasteiger partial charge in [0.25, 0.3) is 0 Å². The van der Waals surface area contributed by atoms with E-state index in [2.05, 4.69) is 25.8 Å². The van der Waals surface area contributed by atoms with Crippen LogP contribution in [0.3, 0.4) is 0 Å². The second kappa shape index (κ2) is 2.81. The zero-order valence-corrected chi connectivity index (χ0v) is 8.26. The standard InChI is InChI=1S/C9H15NO2/c1-6-7(9(2,3)4)12-8(10-6)11-5/h1-5H3. The molecule has 0 atom stereocenters. The van der Waals surface area contributed by atoms with Gasteiger partial charge in [0.05, 0.1) is 12.8 Å². The van der Waals surface area contributed by atoms with Gasteiger partial charge in [0.15, 0.2) is 0 Å². The molecule has 1 aromatic heterocycles. The summed E-state index contributed by atoms with van der Waals surface area (Å²) in [7, 11) is 1.55. The van der Waals surface area contributed by atoms with Crippen LogP contribution in [0, 0.1) is 6.92 Å². The van der Waals surface area contributed by atoms with Crippen LogP contribution in [0.5, 0.6) is 6.08 Å². The number of nitrogens with zero attached hydrogens (tertiary/aromatic N) is 1. The molecule has 0 aliphatic heterocycles. The molecular weight excluding hydrogens is 154 g/mol. The quantitative estimate of drug-likeness (QED) is 0.647. The fourth-order valence-electron chi connectivity index (χ4n) is 1.15. The molecule has 0 spiro atoms. The van der Waals surface area contributed by atoms with E-state index in [1.807, 2.05) is 6.92 Å². The Hall–Kier alpha value is -0.990. The van der Waals surface area contributed by atoms with Crippen molar-refractivity contribution in [1.29, 1.82) is 0 Å². The van der Waals surface area contributed by atoms with E-state index in [-0.39, 0.29) is 5.41 Å². The number of rotatable bonds is 1. The van der Waals surface area contributed by atoms with Crippen molar-refractivity contribution >= 4 is 0 Å². The lowest BCUT2D eigenvalue weighted by atomic mass is 9.92. The molecule has 0 radical (unpaired) electrons. The van der Waals surface area contributed by atoms with Crippen molar-refractivity contribution in [3.8, 4) is 6.08 Å². The number of hydrogen-bond acceptors (Lipinski definition) is 3. The van der Waals surface area contributed by atoms with Crippen molar-refractivity contribution in [3.63, 3.8) is 0 Å². The molecule has 68 valence electrons. The molecule has 12 heavy (non-hydrogen) atoms. The van der Waals surface area contributed by atoms with E-state index >= 15 is 0 Å². The molecule has 0 aliphatic carbocycles. The van der Waals surface area contributed by atoms with Gasteiger partial charge in [-0.1, -0.05) is 20.8 Å². The van der Waals surface area contributed by atoms with Crippen LogP contribution >= 0.6 is 0 Å². The molecule has 0 saturated carbocycles. The summed E-state index contributed by atoms with van der Waals surface area (Å²) in [6, 6.07) is 0. The average molecular weight is 169 g/mol. The normalized spacial score (nSPS) is 11.8. The highest BCUT2D eigenvalue weighted by molar-refractivity contribution is 5.17. The minimum absolute atomic E-state index is 0.00609. The molecule has 0 amide bonds. The molecular formula is C9H15NO2. The fraction of sp³-hybridized carbons (Fsp3) is 0.667. The third-order valence-corrected chi connectivity index (χ3v) is 1.63. The molecule has 0 saturated heterocycles. The van der Waals surface area contributed by atoms with Gasteiger partial charge >= 0.3 is 6.08 Å². The van der Waals surface area contributed by atoms with Crippen molar-refractivity contribution in [3.05, 3.63) is 11.5 Å². The Morgan fingerprint density at radius 1 is 1.33 bits per heavy atom. The second-order valence-corrected chi connectivity index (χ2v) is 3.85. The molecule has 1 rings (SSSR count). The summed E-state index contributed by atoms with van der Waals surface area (Å²) in [5.74, 6) is 0.888. The Bertz CT molecular complexity index is 271. The number of ether oxygens (including phenoxy) is 1.